The maximum Gasteiger partial charge on any atom is 0.225 e. The molecule has 0 spiro atoms. The van der Waals surface area contributed by atoms with E-state index in [1.165, 1.54) is 5.69 Å². The molecule has 0 saturated heterocycles. The molecule has 2 aromatic rings. The van der Waals surface area contributed by atoms with Gasteiger partial charge in [0.2, 0.25) is 5.95 Å². The van der Waals surface area contributed by atoms with Crippen molar-refractivity contribution in [2.75, 3.05) is 28.6 Å². The predicted molar refractivity (Wildman–Crippen MR) is 103 cm³/mol. The first-order valence-corrected chi connectivity index (χ1v) is 8.79. The zero-order valence-corrected chi connectivity index (χ0v) is 15.4. The summed E-state index contributed by atoms with van der Waals surface area (Å²) in [5.74, 6) is 1.48. The van der Waals surface area contributed by atoms with Crippen LogP contribution in [0, 0.1) is 6.92 Å². The number of aryl methyl sites for hydroxylation is 1. The van der Waals surface area contributed by atoms with Crippen molar-refractivity contribution in [2.24, 2.45) is 0 Å². The summed E-state index contributed by atoms with van der Waals surface area (Å²) in [5, 5.41) is 6.70. The van der Waals surface area contributed by atoms with Crippen LogP contribution >= 0.6 is 0 Å². The summed E-state index contributed by atoms with van der Waals surface area (Å²) in [6.07, 6.45) is 1.03. The van der Waals surface area contributed by atoms with Crippen LogP contribution in [0.2, 0.25) is 0 Å². The molecule has 1 aromatic heterocycles. The van der Waals surface area contributed by atoms with Gasteiger partial charge in [-0.25, -0.2) is 4.98 Å². The lowest BCUT2D eigenvalue weighted by Crippen LogP contribution is -2.21. The highest BCUT2D eigenvalue weighted by Crippen LogP contribution is 2.21. The van der Waals surface area contributed by atoms with Crippen molar-refractivity contribution in [3.63, 3.8) is 0 Å². The molecule has 0 amide bonds. The molecule has 2 N–H and O–H groups in total. The molecule has 24 heavy (non-hydrogen) atoms. The molecule has 0 fully saturated rings. The summed E-state index contributed by atoms with van der Waals surface area (Å²) < 4.78 is 0. The number of rotatable bonds is 8. The highest BCUT2D eigenvalue weighted by Gasteiger charge is 2.06. The summed E-state index contributed by atoms with van der Waals surface area (Å²) in [6, 6.07) is 10.8. The number of benzene rings is 1. The van der Waals surface area contributed by atoms with Crippen molar-refractivity contribution in [3.05, 3.63) is 36.0 Å². The van der Waals surface area contributed by atoms with Crippen molar-refractivity contribution in [3.8, 4) is 0 Å². The van der Waals surface area contributed by atoms with E-state index in [2.05, 4.69) is 77.5 Å². The Morgan fingerprint density at radius 1 is 1.04 bits per heavy atom. The zero-order valence-electron chi connectivity index (χ0n) is 15.4. The minimum Gasteiger partial charge on any atom is -0.372 e. The second-order valence-corrected chi connectivity index (χ2v) is 6.02. The molecule has 5 nitrogen and oxygen atoms in total. The molecule has 1 atom stereocenters. The molecule has 0 aliphatic carbocycles. The Morgan fingerprint density at radius 3 is 2.29 bits per heavy atom. The van der Waals surface area contributed by atoms with E-state index in [1.54, 1.807) is 0 Å². The summed E-state index contributed by atoms with van der Waals surface area (Å²) in [5.41, 5.74) is 3.21. The number of hydrogen-bond acceptors (Lipinski definition) is 5. The zero-order chi connectivity index (χ0) is 17.5. The Kier molecular flexibility index (Phi) is 6.41. The van der Waals surface area contributed by atoms with Gasteiger partial charge in [0.1, 0.15) is 5.82 Å². The minimum absolute atomic E-state index is 0.355. The van der Waals surface area contributed by atoms with Gasteiger partial charge < -0.3 is 15.5 Å². The van der Waals surface area contributed by atoms with Crippen molar-refractivity contribution in [1.29, 1.82) is 0 Å². The number of nitrogens with zero attached hydrogens (tertiary/aromatic N) is 3. The molecule has 1 unspecified atom stereocenters. The van der Waals surface area contributed by atoms with E-state index < -0.39 is 0 Å². The average Bonchev–Trinajstić information content (AvgIpc) is 2.57. The molecule has 0 bridgehead atoms. The van der Waals surface area contributed by atoms with Gasteiger partial charge in [-0.2, -0.15) is 4.98 Å². The SMILES string of the molecule is CCC(C)Nc1nc(C)cc(Nc2ccc(N(CC)CC)cc2)n1. The van der Waals surface area contributed by atoms with Crippen molar-refractivity contribution in [2.45, 2.75) is 47.1 Å². The first-order valence-electron chi connectivity index (χ1n) is 8.79. The Hall–Kier alpha value is -2.30. The molecule has 0 aliphatic rings. The van der Waals surface area contributed by atoms with Gasteiger partial charge in [-0.15, -0.1) is 0 Å². The maximum atomic E-state index is 4.56. The minimum atomic E-state index is 0.355. The molecule has 0 aliphatic heterocycles. The quantitative estimate of drug-likeness (QED) is 0.743. The molecule has 5 heteroatoms. The van der Waals surface area contributed by atoms with Crippen LogP contribution in [0.4, 0.5) is 23.1 Å². The van der Waals surface area contributed by atoms with E-state index in [-0.39, 0.29) is 0 Å². The van der Waals surface area contributed by atoms with Crippen LogP contribution in [0.1, 0.15) is 39.8 Å². The summed E-state index contributed by atoms with van der Waals surface area (Å²) >= 11 is 0. The van der Waals surface area contributed by atoms with Crippen LogP contribution in [0.15, 0.2) is 30.3 Å². The fourth-order valence-electron chi connectivity index (χ4n) is 2.51. The highest BCUT2D eigenvalue weighted by atomic mass is 15.2. The molecule has 0 saturated carbocycles. The first-order chi connectivity index (χ1) is 11.5. The largest absolute Gasteiger partial charge is 0.372 e. The van der Waals surface area contributed by atoms with Crippen molar-refractivity contribution < 1.29 is 0 Å². The summed E-state index contributed by atoms with van der Waals surface area (Å²) in [6.45, 7) is 12.6. The summed E-state index contributed by atoms with van der Waals surface area (Å²) in [4.78, 5) is 11.3. The predicted octanol–water partition coefficient (Wildman–Crippen LogP) is 4.59. The number of aromatic nitrogens is 2. The van der Waals surface area contributed by atoms with Gasteiger partial charge >= 0.3 is 0 Å². The molecule has 1 heterocycles. The van der Waals surface area contributed by atoms with Gasteiger partial charge in [0.05, 0.1) is 0 Å². The monoisotopic (exact) mass is 327 g/mol. The van der Waals surface area contributed by atoms with E-state index in [0.29, 0.717) is 12.0 Å². The normalized spacial score (nSPS) is 11.9. The number of anilines is 4. The topological polar surface area (TPSA) is 53.1 Å². The van der Waals surface area contributed by atoms with E-state index >= 15 is 0 Å². The van der Waals surface area contributed by atoms with E-state index in [1.807, 2.05) is 13.0 Å². The molecule has 1 aromatic carbocycles. The fourth-order valence-corrected chi connectivity index (χ4v) is 2.51. The lowest BCUT2D eigenvalue weighted by molar-refractivity contribution is 0.752. The van der Waals surface area contributed by atoms with Gasteiger partial charge in [-0.05, 0) is 58.4 Å². The standard InChI is InChI=1S/C19H29N5/c1-6-14(4)20-19-21-15(5)13-18(23-19)22-16-9-11-17(12-10-16)24(7-2)8-3/h9-14H,6-8H2,1-5H3,(H2,20,21,22,23). The third kappa shape index (κ3) is 4.85. The van der Waals surface area contributed by atoms with E-state index in [9.17, 15) is 0 Å². The molecular weight excluding hydrogens is 298 g/mol. The summed E-state index contributed by atoms with van der Waals surface area (Å²) in [7, 11) is 0. The van der Waals surface area contributed by atoms with Crippen LogP contribution < -0.4 is 15.5 Å². The van der Waals surface area contributed by atoms with E-state index in [0.717, 1.165) is 36.7 Å². The first kappa shape index (κ1) is 18.0. The number of hydrogen-bond donors (Lipinski definition) is 2. The van der Waals surface area contributed by atoms with Gasteiger partial charge in [-0.1, -0.05) is 6.92 Å². The Balaban J connectivity index is 2.12. The Morgan fingerprint density at radius 2 is 1.71 bits per heavy atom. The maximum absolute atomic E-state index is 4.56. The molecule has 130 valence electrons. The van der Waals surface area contributed by atoms with Gasteiger partial charge in [0.25, 0.3) is 0 Å². The highest BCUT2D eigenvalue weighted by molar-refractivity contribution is 5.61. The molecule has 2 rings (SSSR count). The number of nitrogens with one attached hydrogen (secondary N) is 2. The van der Waals surface area contributed by atoms with Gasteiger partial charge in [-0.3, -0.25) is 0 Å². The van der Waals surface area contributed by atoms with Crippen molar-refractivity contribution >= 4 is 23.1 Å². The van der Waals surface area contributed by atoms with Gasteiger partial charge in [0.15, 0.2) is 0 Å². The van der Waals surface area contributed by atoms with Gasteiger partial charge in [0, 0.05) is 42.3 Å². The Labute approximate surface area is 145 Å². The van der Waals surface area contributed by atoms with E-state index in [4.69, 9.17) is 0 Å². The van der Waals surface area contributed by atoms with Crippen LogP contribution in [-0.2, 0) is 0 Å². The second kappa shape index (κ2) is 8.52. The fraction of sp³-hybridized carbons (Fsp3) is 0.474. The second-order valence-electron chi connectivity index (χ2n) is 6.02. The Bertz CT molecular complexity index is 635. The van der Waals surface area contributed by atoms with Crippen molar-refractivity contribution in [1.82, 2.24) is 9.97 Å². The average molecular weight is 327 g/mol. The van der Waals surface area contributed by atoms with Crippen LogP contribution in [0.5, 0.6) is 0 Å². The smallest absolute Gasteiger partial charge is 0.225 e. The molecule has 0 radical (unpaired) electrons. The third-order valence-corrected chi connectivity index (χ3v) is 4.11. The lowest BCUT2D eigenvalue weighted by atomic mass is 10.2. The van der Waals surface area contributed by atoms with Crippen LogP contribution in [-0.4, -0.2) is 29.1 Å². The molecular formula is C19H29N5. The van der Waals surface area contributed by atoms with Crippen LogP contribution in [0.3, 0.4) is 0 Å². The lowest BCUT2D eigenvalue weighted by Gasteiger charge is -2.21. The third-order valence-electron chi connectivity index (χ3n) is 4.11. The van der Waals surface area contributed by atoms with Crippen LogP contribution in [0.25, 0.3) is 0 Å².